The highest BCUT2D eigenvalue weighted by Gasteiger charge is 2.05. The van der Waals surface area contributed by atoms with Gasteiger partial charge in [0.25, 0.3) is 7.41 Å². The Labute approximate surface area is 127 Å². The molecule has 1 radical (unpaired) electrons. The van der Waals surface area contributed by atoms with Gasteiger partial charge in [-0.2, -0.15) is 0 Å². The molecule has 20 heavy (non-hydrogen) atoms. The van der Waals surface area contributed by atoms with Crippen molar-refractivity contribution in [1.82, 2.24) is 0 Å². The molecule has 97 valence electrons. The number of hydrogen-bond acceptors (Lipinski definition) is 2. The monoisotopic (exact) mass is 323 g/mol. The Balaban J connectivity index is 1.91. The summed E-state index contributed by atoms with van der Waals surface area (Å²) in [6.45, 7) is 0. The molecule has 3 aromatic carbocycles. The molecule has 2 nitrogen and oxygen atoms in total. The van der Waals surface area contributed by atoms with E-state index in [-0.39, 0.29) is 0 Å². The van der Waals surface area contributed by atoms with E-state index in [0.29, 0.717) is 0 Å². The number of rotatable bonds is 3. The summed E-state index contributed by atoms with van der Waals surface area (Å²) in [6.07, 6.45) is 0. The van der Waals surface area contributed by atoms with Gasteiger partial charge in [-0.3, -0.25) is 0 Å². The Hall–Kier alpha value is -1.94. The maximum Gasteiger partial charge on any atom is 0.282 e. The molecule has 0 saturated heterocycles. The van der Waals surface area contributed by atoms with Gasteiger partial charge in [0.15, 0.2) is 0 Å². The molecule has 0 aliphatic heterocycles. The smallest absolute Gasteiger partial charge is 0.282 e. The Morgan fingerprint density at radius 3 is 2.50 bits per heavy atom. The highest BCUT2D eigenvalue weighted by atomic mass is 79.9. The van der Waals surface area contributed by atoms with E-state index >= 15 is 0 Å². The van der Waals surface area contributed by atoms with Crippen molar-refractivity contribution in [3.8, 4) is 0 Å². The molecular weight excluding hydrogens is 311 g/mol. The second-order valence-corrected chi connectivity index (χ2v) is 5.51. The van der Waals surface area contributed by atoms with E-state index in [9.17, 15) is 0 Å². The number of nitrogens with one attached hydrogen (secondary N) is 1. The molecule has 0 aliphatic rings. The zero-order chi connectivity index (χ0) is 13.9. The van der Waals surface area contributed by atoms with E-state index in [0.717, 1.165) is 32.1 Å². The molecule has 0 aromatic heterocycles. The van der Waals surface area contributed by atoms with Crippen molar-refractivity contribution in [3.05, 3.63) is 65.1 Å². The molecule has 0 spiro atoms. The normalized spacial score (nSPS) is 10.4. The van der Waals surface area contributed by atoms with Gasteiger partial charge in [-0.1, -0.05) is 63.9 Å². The summed E-state index contributed by atoms with van der Waals surface area (Å²) in [5.41, 5.74) is 8.99. The fraction of sp³-hybridized carbons (Fsp3) is 0. The highest BCUT2D eigenvalue weighted by molar-refractivity contribution is 9.10. The summed E-state index contributed by atoms with van der Waals surface area (Å²) in [5, 5.41) is 5.54. The van der Waals surface area contributed by atoms with Crippen LogP contribution in [0, 0.1) is 0 Å². The van der Waals surface area contributed by atoms with Gasteiger partial charge < -0.3 is 11.0 Å². The molecule has 0 saturated carbocycles. The van der Waals surface area contributed by atoms with Crippen LogP contribution in [0.4, 0.5) is 11.4 Å². The number of benzene rings is 3. The topological polar surface area (TPSA) is 38.0 Å². The minimum atomic E-state index is 0.785. The molecule has 3 rings (SSSR count). The van der Waals surface area contributed by atoms with Gasteiger partial charge in [0.1, 0.15) is 0 Å². The molecule has 0 aliphatic carbocycles. The van der Waals surface area contributed by atoms with Crippen LogP contribution in [-0.4, -0.2) is 7.41 Å². The summed E-state index contributed by atoms with van der Waals surface area (Å²) in [4.78, 5) is 0. The Morgan fingerprint density at radius 2 is 1.70 bits per heavy atom. The number of anilines is 2. The van der Waals surface area contributed by atoms with Crippen molar-refractivity contribution in [1.29, 1.82) is 0 Å². The van der Waals surface area contributed by atoms with Gasteiger partial charge in [-0.15, -0.1) is 0 Å². The van der Waals surface area contributed by atoms with Gasteiger partial charge in [-0.25, -0.2) is 0 Å². The minimum absolute atomic E-state index is 0.785. The van der Waals surface area contributed by atoms with Crippen LogP contribution in [0.5, 0.6) is 0 Å². The van der Waals surface area contributed by atoms with E-state index in [2.05, 4.69) is 39.4 Å². The lowest BCUT2D eigenvalue weighted by atomic mass is 9.82. The largest absolute Gasteiger partial charge is 0.427 e. The van der Waals surface area contributed by atoms with Crippen LogP contribution in [-0.2, 0) is 0 Å². The second kappa shape index (κ2) is 5.59. The summed E-state index contributed by atoms with van der Waals surface area (Å²) in [5.74, 6) is 0. The SMILES string of the molecule is Nc1cccc2cccc(N[B]c3cccc(Br)c3)c12. The van der Waals surface area contributed by atoms with Gasteiger partial charge in [0.2, 0.25) is 0 Å². The quantitative estimate of drug-likeness (QED) is 0.571. The number of halogens is 1. The summed E-state index contributed by atoms with van der Waals surface area (Å²) < 4.78 is 1.06. The van der Waals surface area contributed by atoms with Gasteiger partial charge in [0, 0.05) is 21.2 Å². The van der Waals surface area contributed by atoms with Crippen molar-refractivity contribution in [3.63, 3.8) is 0 Å². The maximum atomic E-state index is 6.09. The molecule has 3 N–H and O–H groups in total. The van der Waals surface area contributed by atoms with E-state index < -0.39 is 0 Å². The van der Waals surface area contributed by atoms with Crippen molar-refractivity contribution in [2.45, 2.75) is 0 Å². The molecule has 0 atom stereocenters. The lowest BCUT2D eigenvalue weighted by molar-refractivity contribution is 1.68. The Bertz CT molecular complexity index is 753. The predicted octanol–water partition coefficient (Wildman–Crippen LogP) is 3.54. The molecule has 3 aromatic rings. The molecule has 0 unspecified atom stereocenters. The average Bonchev–Trinajstić information content (AvgIpc) is 2.45. The molecule has 4 heteroatoms. The van der Waals surface area contributed by atoms with Crippen molar-refractivity contribution < 1.29 is 0 Å². The molecule has 0 heterocycles. The number of nitrogens with two attached hydrogens (primary N) is 1. The van der Waals surface area contributed by atoms with Gasteiger partial charge >= 0.3 is 0 Å². The third-order valence-corrected chi connectivity index (χ3v) is 3.67. The van der Waals surface area contributed by atoms with Crippen molar-refractivity contribution in [2.24, 2.45) is 0 Å². The number of nitrogen functional groups attached to an aromatic ring is 1. The van der Waals surface area contributed by atoms with E-state index in [4.69, 9.17) is 5.73 Å². The third kappa shape index (κ3) is 2.65. The predicted molar refractivity (Wildman–Crippen MR) is 91.5 cm³/mol. The van der Waals surface area contributed by atoms with E-state index in [1.165, 1.54) is 0 Å². The van der Waals surface area contributed by atoms with Crippen molar-refractivity contribution in [2.75, 3.05) is 11.0 Å². The van der Waals surface area contributed by atoms with Gasteiger partial charge in [0.05, 0.1) is 0 Å². The van der Waals surface area contributed by atoms with Crippen LogP contribution >= 0.6 is 15.9 Å². The van der Waals surface area contributed by atoms with Crippen LogP contribution in [0.25, 0.3) is 10.8 Å². The standard InChI is InChI=1S/C16H13BBrN2/c18-13-7-3-6-12(10-13)17-20-15-9-2-5-11-4-1-8-14(19)16(11)15/h1-10,20H,19H2. The highest BCUT2D eigenvalue weighted by Crippen LogP contribution is 2.28. The van der Waals surface area contributed by atoms with Crippen LogP contribution < -0.4 is 16.4 Å². The number of hydrogen-bond donors (Lipinski definition) is 2. The molecule has 0 bridgehead atoms. The lowest BCUT2D eigenvalue weighted by Gasteiger charge is -2.11. The molecule has 0 fully saturated rings. The first-order chi connectivity index (χ1) is 9.74. The van der Waals surface area contributed by atoms with E-state index in [1.807, 2.05) is 49.9 Å². The fourth-order valence-corrected chi connectivity index (χ4v) is 2.66. The van der Waals surface area contributed by atoms with E-state index in [1.54, 1.807) is 0 Å². The zero-order valence-electron chi connectivity index (χ0n) is 10.8. The fourth-order valence-electron chi connectivity index (χ4n) is 2.25. The Kier molecular flexibility index (Phi) is 3.65. The first-order valence-corrected chi connectivity index (χ1v) is 7.16. The van der Waals surface area contributed by atoms with Crippen LogP contribution in [0.15, 0.2) is 65.1 Å². The number of fused-ring (bicyclic) bond motifs is 1. The zero-order valence-corrected chi connectivity index (χ0v) is 12.4. The Morgan fingerprint density at radius 1 is 0.950 bits per heavy atom. The second-order valence-electron chi connectivity index (χ2n) is 4.59. The van der Waals surface area contributed by atoms with Crippen LogP contribution in [0.3, 0.4) is 0 Å². The molecule has 0 amide bonds. The first-order valence-electron chi connectivity index (χ1n) is 6.36. The summed E-state index contributed by atoms with van der Waals surface area (Å²) in [7, 11) is 1.98. The summed E-state index contributed by atoms with van der Waals surface area (Å²) in [6, 6.07) is 20.2. The van der Waals surface area contributed by atoms with Gasteiger partial charge in [-0.05, 0) is 23.6 Å². The first kappa shape index (κ1) is 13.1. The minimum Gasteiger partial charge on any atom is -0.427 e. The van der Waals surface area contributed by atoms with Crippen LogP contribution in [0.2, 0.25) is 0 Å². The molecular formula is C16H13BBrN2. The van der Waals surface area contributed by atoms with Crippen molar-refractivity contribution >= 4 is 51.0 Å². The van der Waals surface area contributed by atoms with Crippen LogP contribution in [0.1, 0.15) is 0 Å². The maximum absolute atomic E-state index is 6.09. The third-order valence-electron chi connectivity index (χ3n) is 3.18. The lowest BCUT2D eigenvalue weighted by Crippen LogP contribution is -2.22. The summed E-state index contributed by atoms with van der Waals surface area (Å²) >= 11 is 3.47. The average molecular weight is 324 g/mol.